The molecular weight excluding hydrogens is 338 g/mol. The fraction of sp³-hybridized carbons (Fsp3) is 0.333. The van der Waals surface area contributed by atoms with Crippen LogP contribution in [0.25, 0.3) is 0 Å². The fourth-order valence-corrected chi connectivity index (χ4v) is 4.55. The Bertz CT molecular complexity index is 908. The van der Waals surface area contributed by atoms with E-state index in [-0.39, 0.29) is 10.8 Å². The highest BCUT2D eigenvalue weighted by atomic mass is 32.2. The second kappa shape index (κ2) is 6.24. The molecule has 0 radical (unpaired) electrons. The van der Waals surface area contributed by atoms with Crippen molar-refractivity contribution < 1.29 is 13.2 Å². The Labute approximate surface area is 147 Å². The Hall–Kier alpha value is -2.25. The number of nitrogens with one attached hydrogen (secondary N) is 1. The lowest BCUT2D eigenvalue weighted by molar-refractivity contribution is -0.116. The summed E-state index contributed by atoms with van der Waals surface area (Å²) in [5.74, 6) is -0.0358. The van der Waals surface area contributed by atoms with Gasteiger partial charge in [0.15, 0.2) is 0 Å². The highest BCUT2D eigenvalue weighted by molar-refractivity contribution is 7.89. The molecule has 0 saturated heterocycles. The summed E-state index contributed by atoms with van der Waals surface area (Å²) in [7, 11) is -3.70. The zero-order chi connectivity index (χ0) is 18.2. The maximum absolute atomic E-state index is 12.8. The van der Waals surface area contributed by atoms with E-state index < -0.39 is 15.6 Å². The van der Waals surface area contributed by atoms with Crippen LogP contribution < -0.4 is 9.62 Å². The average Bonchev–Trinajstić information content (AvgIpc) is 2.98. The molecular formula is C18H21N3O3S. The van der Waals surface area contributed by atoms with Gasteiger partial charge in [-0.2, -0.15) is 0 Å². The molecule has 0 atom stereocenters. The lowest BCUT2D eigenvalue weighted by Crippen LogP contribution is -2.40. The third-order valence-electron chi connectivity index (χ3n) is 4.43. The molecule has 0 saturated carbocycles. The van der Waals surface area contributed by atoms with Gasteiger partial charge in [0, 0.05) is 31.5 Å². The Morgan fingerprint density at radius 3 is 2.52 bits per heavy atom. The van der Waals surface area contributed by atoms with Crippen molar-refractivity contribution >= 4 is 21.6 Å². The molecule has 1 aromatic heterocycles. The highest BCUT2D eigenvalue weighted by Gasteiger charge is 2.30. The van der Waals surface area contributed by atoms with Gasteiger partial charge < -0.3 is 4.90 Å². The Kier molecular flexibility index (Phi) is 4.38. The van der Waals surface area contributed by atoms with E-state index in [1.54, 1.807) is 47.6 Å². The van der Waals surface area contributed by atoms with Crippen molar-refractivity contribution in [3.63, 3.8) is 0 Å². The van der Waals surface area contributed by atoms with Crippen molar-refractivity contribution in [2.24, 2.45) is 0 Å². The number of benzene rings is 1. The van der Waals surface area contributed by atoms with Gasteiger partial charge in [-0.05, 0) is 61.7 Å². The van der Waals surface area contributed by atoms with Gasteiger partial charge in [0.1, 0.15) is 0 Å². The molecule has 0 fully saturated rings. The summed E-state index contributed by atoms with van der Waals surface area (Å²) in [5.41, 5.74) is 1.72. The van der Waals surface area contributed by atoms with Crippen molar-refractivity contribution in [3.8, 4) is 0 Å². The van der Waals surface area contributed by atoms with Gasteiger partial charge >= 0.3 is 0 Å². The Morgan fingerprint density at radius 2 is 1.88 bits per heavy atom. The summed E-state index contributed by atoms with van der Waals surface area (Å²) < 4.78 is 28.4. The summed E-state index contributed by atoms with van der Waals surface area (Å²) in [6.45, 7) is 5.72. The topological polar surface area (TPSA) is 79.4 Å². The zero-order valence-corrected chi connectivity index (χ0v) is 15.3. The third-order valence-corrected chi connectivity index (χ3v) is 6.08. The number of nitrogens with zero attached hydrogens (tertiary/aromatic N) is 2. The van der Waals surface area contributed by atoms with E-state index in [1.807, 2.05) is 13.8 Å². The van der Waals surface area contributed by atoms with Crippen LogP contribution in [0.4, 0.5) is 5.69 Å². The summed E-state index contributed by atoms with van der Waals surface area (Å²) in [5, 5.41) is 0. The van der Waals surface area contributed by atoms with Crippen LogP contribution in [0.15, 0.2) is 47.6 Å². The second-order valence-corrected chi connectivity index (χ2v) is 8.36. The average molecular weight is 359 g/mol. The number of hydrogen-bond donors (Lipinski definition) is 1. The normalized spacial score (nSPS) is 14.4. The molecule has 132 valence electrons. The van der Waals surface area contributed by atoms with E-state index in [1.165, 1.54) is 6.92 Å². The third kappa shape index (κ3) is 3.43. The van der Waals surface area contributed by atoms with E-state index in [9.17, 15) is 13.2 Å². The van der Waals surface area contributed by atoms with Crippen LogP contribution >= 0.6 is 0 Å². The first-order valence-electron chi connectivity index (χ1n) is 8.06. The van der Waals surface area contributed by atoms with Gasteiger partial charge in [-0.25, -0.2) is 13.1 Å². The molecule has 0 bridgehead atoms. The van der Waals surface area contributed by atoms with Crippen molar-refractivity contribution in [3.05, 3.63) is 53.9 Å². The summed E-state index contributed by atoms with van der Waals surface area (Å²) in [6.07, 6.45) is 3.93. The van der Waals surface area contributed by atoms with Crippen LogP contribution in [0.2, 0.25) is 0 Å². The highest BCUT2D eigenvalue weighted by Crippen LogP contribution is 2.31. The number of aromatic nitrogens is 1. The predicted octanol–water partition coefficient (Wildman–Crippen LogP) is 2.20. The monoisotopic (exact) mass is 359 g/mol. The largest absolute Gasteiger partial charge is 0.312 e. The smallest absolute Gasteiger partial charge is 0.241 e. The number of carbonyl (C=O) groups is 1. The number of hydrogen-bond acceptors (Lipinski definition) is 4. The summed E-state index contributed by atoms with van der Waals surface area (Å²) in [4.78, 5) is 17.5. The second-order valence-electron chi connectivity index (χ2n) is 6.68. The van der Waals surface area contributed by atoms with Crippen molar-refractivity contribution in [1.82, 2.24) is 9.71 Å². The molecule has 1 aromatic carbocycles. The Morgan fingerprint density at radius 1 is 1.20 bits per heavy atom. The minimum absolute atomic E-state index is 0.0358. The molecule has 7 heteroatoms. The van der Waals surface area contributed by atoms with Crippen LogP contribution in [0.3, 0.4) is 0 Å². The maximum Gasteiger partial charge on any atom is 0.241 e. The molecule has 1 aliphatic rings. The zero-order valence-electron chi connectivity index (χ0n) is 14.5. The predicted molar refractivity (Wildman–Crippen MR) is 95.8 cm³/mol. The molecule has 3 rings (SSSR count). The first-order valence-corrected chi connectivity index (χ1v) is 9.54. The van der Waals surface area contributed by atoms with Crippen LogP contribution in [-0.4, -0.2) is 25.9 Å². The van der Waals surface area contributed by atoms with Gasteiger partial charge in [0.05, 0.1) is 10.4 Å². The summed E-state index contributed by atoms with van der Waals surface area (Å²) in [6, 6.07) is 8.48. The number of fused-ring (bicyclic) bond motifs is 1. The molecule has 25 heavy (non-hydrogen) atoms. The van der Waals surface area contributed by atoms with Gasteiger partial charge in [-0.15, -0.1) is 0 Å². The molecule has 2 aromatic rings. The van der Waals surface area contributed by atoms with E-state index in [4.69, 9.17) is 0 Å². The number of sulfonamides is 1. The first-order chi connectivity index (χ1) is 11.7. The SMILES string of the molecule is CC(=O)N1CCc2cc(S(=O)(=O)NC(C)(C)c3ccncc3)ccc21. The summed E-state index contributed by atoms with van der Waals surface area (Å²) >= 11 is 0. The molecule has 0 aliphatic carbocycles. The molecule has 6 nitrogen and oxygen atoms in total. The number of rotatable bonds is 4. The molecule has 1 amide bonds. The van der Waals surface area contributed by atoms with Gasteiger partial charge in [0.25, 0.3) is 0 Å². The maximum atomic E-state index is 12.8. The van der Waals surface area contributed by atoms with E-state index in [0.29, 0.717) is 13.0 Å². The quantitative estimate of drug-likeness (QED) is 0.908. The molecule has 1 aliphatic heterocycles. The number of carbonyl (C=O) groups excluding carboxylic acids is 1. The number of amides is 1. The van der Waals surface area contributed by atoms with Crippen molar-refractivity contribution in [1.29, 1.82) is 0 Å². The lowest BCUT2D eigenvalue weighted by Gasteiger charge is -2.26. The van der Waals surface area contributed by atoms with Gasteiger partial charge in [-0.1, -0.05) is 0 Å². The number of anilines is 1. The molecule has 1 N–H and O–H groups in total. The molecule has 2 heterocycles. The van der Waals surface area contributed by atoms with Gasteiger partial charge in [0.2, 0.25) is 15.9 Å². The lowest BCUT2D eigenvalue weighted by atomic mass is 9.97. The van der Waals surface area contributed by atoms with E-state index >= 15 is 0 Å². The van der Waals surface area contributed by atoms with Crippen molar-refractivity contribution in [2.45, 2.75) is 37.6 Å². The van der Waals surface area contributed by atoms with Crippen LogP contribution in [-0.2, 0) is 26.8 Å². The minimum atomic E-state index is -3.70. The Balaban J connectivity index is 1.90. The fourth-order valence-electron chi connectivity index (χ4n) is 3.09. The minimum Gasteiger partial charge on any atom is -0.312 e. The number of pyridine rings is 1. The molecule has 0 unspecified atom stereocenters. The van der Waals surface area contributed by atoms with Crippen LogP contribution in [0.1, 0.15) is 31.9 Å². The molecule has 0 spiro atoms. The van der Waals surface area contributed by atoms with Crippen molar-refractivity contribution in [2.75, 3.05) is 11.4 Å². The first kappa shape index (κ1) is 17.6. The van der Waals surface area contributed by atoms with Crippen LogP contribution in [0, 0.1) is 0 Å². The van der Waals surface area contributed by atoms with E-state index in [2.05, 4.69) is 9.71 Å². The van der Waals surface area contributed by atoms with Gasteiger partial charge in [-0.3, -0.25) is 9.78 Å². The van der Waals surface area contributed by atoms with Crippen LogP contribution in [0.5, 0.6) is 0 Å². The van der Waals surface area contributed by atoms with E-state index in [0.717, 1.165) is 16.8 Å². The standard InChI is InChI=1S/C18H21N3O3S/c1-13(22)21-11-8-14-12-16(4-5-17(14)21)25(23,24)20-18(2,3)15-6-9-19-10-7-15/h4-7,9-10,12,20H,8,11H2,1-3H3.